The summed E-state index contributed by atoms with van der Waals surface area (Å²) in [6.07, 6.45) is 1.39. The summed E-state index contributed by atoms with van der Waals surface area (Å²) in [4.78, 5) is 11.2. The van der Waals surface area contributed by atoms with Crippen molar-refractivity contribution in [1.29, 1.82) is 0 Å². The van der Waals surface area contributed by atoms with E-state index in [4.69, 9.17) is 0 Å². The average Bonchev–Trinajstić information content (AvgIpc) is 2.28. The summed E-state index contributed by atoms with van der Waals surface area (Å²) in [5, 5.41) is 12.2. The predicted octanol–water partition coefficient (Wildman–Crippen LogP) is 1.26. The van der Waals surface area contributed by atoms with Gasteiger partial charge >= 0.3 is 5.97 Å². The van der Waals surface area contributed by atoms with E-state index in [9.17, 15) is 10.0 Å². The summed E-state index contributed by atoms with van der Waals surface area (Å²) in [5.74, 6) is -0.444. The van der Waals surface area contributed by atoms with Crippen LogP contribution >= 0.6 is 0 Å². The van der Waals surface area contributed by atoms with E-state index in [0.29, 0.717) is 11.1 Å². The van der Waals surface area contributed by atoms with Crippen LogP contribution in [0.25, 0.3) is 10.9 Å². The third kappa shape index (κ3) is 1.61. The normalized spacial score (nSPS) is 10.2. The Morgan fingerprint density at radius 1 is 1.40 bits per heavy atom. The average molecular weight is 203 g/mol. The molecule has 76 valence electrons. The lowest BCUT2D eigenvalue weighted by molar-refractivity contribution is -0.577. The van der Waals surface area contributed by atoms with Gasteiger partial charge in [-0.2, -0.15) is 4.73 Å². The van der Waals surface area contributed by atoms with E-state index in [2.05, 4.69) is 4.74 Å². The van der Waals surface area contributed by atoms with Crippen LogP contribution in [0.5, 0.6) is 0 Å². The van der Waals surface area contributed by atoms with E-state index >= 15 is 0 Å². The number of hydrogen-bond acceptors (Lipinski definition) is 3. The van der Waals surface area contributed by atoms with Crippen LogP contribution in [0.4, 0.5) is 0 Å². The van der Waals surface area contributed by atoms with E-state index < -0.39 is 5.97 Å². The monoisotopic (exact) mass is 203 g/mol. The number of carbonyl (C=O) groups is 1. The molecule has 0 amide bonds. The van der Waals surface area contributed by atoms with Crippen LogP contribution in [0.1, 0.15) is 10.4 Å². The summed E-state index contributed by atoms with van der Waals surface area (Å²) in [5.41, 5.74) is 0.834. The van der Waals surface area contributed by atoms with Gasteiger partial charge in [-0.25, -0.2) is 4.79 Å². The molecule has 1 aromatic carbocycles. The molecule has 0 unspecified atom stereocenters. The zero-order chi connectivity index (χ0) is 10.8. The third-order valence-corrected chi connectivity index (χ3v) is 2.19. The van der Waals surface area contributed by atoms with Crippen molar-refractivity contribution in [3.8, 4) is 0 Å². The van der Waals surface area contributed by atoms with E-state index in [1.54, 1.807) is 18.2 Å². The molecule has 0 radical (unpaired) electrons. The summed E-state index contributed by atoms with van der Waals surface area (Å²) in [6, 6.07) is 8.34. The molecule has 0 atom stereocenters. The van der Waals surface area contributed by atoms with Crippen LogP contribution in [0.2, 0.25) is 0 Å². The van der Waals surface area contributed by atoms with Crippen LogP contribution < -0.4 is 4.73 Å². The van der Waals surface area contributed by atoms with E-state index in [-0.39, 0.29) is 0 Å². The number of rotatable bonds is 1. The Bertz CT molecular complexity index is 522. The lowest BCUT2D eigenvalue weighted by Gasteiger charge is -2.02. The highest BCUT2D eigenvalue weighted by atomic mass is 16.5. The highest BCUT2D eigenvalue weighted by molar-refractivity contribution is 5.93. The summed E-state index contributed by atoms with van der Waals surface area (Å²) in [7, 11) is 1.31. The Kier molecular flexibility index (Phi) is 2.25. The van der Waals surface area contributed by atoms with Crippen molar-refractivity contribution in [3.63, 3.8) is 0 Å². The van der Waals surface area contributed by atoms with Crippen LogP contribution in [-0.2, 0) is 4.74 Å². The molecule has 4 heteroatoms. The second-order valence-electron chi connectivity index (χ2n) is 3.10. The molecule has 2 rings (SSSR count). The highest BCUT2D eigenvalue weighted by Gasteiger charge is 2.09. The molecule has 1 aromatic heterocycles. The fourth-order valence-electron chi connectivity index (χ4n) is 1.43. The molecule has 0 bridgehead atoms. The van der Waals surface area contributed by atoms with Crippen LogP contribution in [0, 0.1) is 5.21 Å². The number of hydrogen-bond donors (Lipinski definition) is 0. The Morgan fingerprint density at radius 3 is 2.93 bits per heavy atom. The number of nitrogens with zero attached hydrogens (tertiary/aromatic N) is 1. The number of methoxy groups -OCH3 is 1. The zero-order valence-corrected chi connectivity index (χ0v) is 8.14. The number of carbonyl (C=O) groups excluding carboxylic acids is 1. The molecule has 0 saturated carbocycles. The number of aromatic nitrogens is 1. The van der Waals surface area contributed by atoms with Crippen molar-refractivity contribution >= 4 is 16.9 Å². The Labute approximate surface area is 86.3 Å². The number of ether oxygens (including phenoxy) is 1. The Balaban J connectivity index is 2.64. The zero-order valence-electron chi connectivity index (χ0n) is 8.14. The number of esters is 1. The lowest BCUT2D eigenvalue weighted by Crippen LogP contribution is -2.26. The van der Waals surface area contributed by atoms with Gasteiger partial charge in [0.1, 0.15) is 0 Å². The summed E-state index contributed by atoms with van der Waals surface area (Å²) in [6.45, 7) is 0. The van der Waals surface area contributed by atoms with Gasteiger partial charge in [0.25, 0.3) is 0 Å². The maximum Gasteiger partial charge on any atom is 0.338 e. The Morgan fingerprint density at radius 2 is 2.20 bits per heavy atom. The maximum absolute atomic E-state index is 11.4. The predicted molar refractivity (Wildman–Crippen MR) is 54.2 cm³/mol. The van der Waals surface area contributed by atoms with Crippen LogP contribution in [0.3, 0.4) is 0 Å². The fraction of sp³-hybridized carbons (Fsp3) is 0.0909. The van der Waals surface area contributed by atoms with Gasteiger partial charge in [0.15, 0.2) is 6.20 Å². The minimum atomic E-state index is -0.444. The largest absolute Gasteiger partial charge is 0.618 e. The molecular formula is C11H9NO3. The van der Waals surface area contributed by atoms with Crippen molar-refractivity contribution in [3.05, 3.63) is 47.3 Å². The molecular weight excluding hydrogens is 194 g/mol. The van der Waals surface area contributed by atoms with E-state index in [1.807, 2.05) is 6.07 Å². The van der Waals surface area contributed by atoms with E-state index in [1.165, 1.54) is 19.4 Å². The molecule has 4 nitrogen and oxygen atoms in total. The smallest absolute Gasteiger partial charge is 0.338 e. The van der Waals surface area contributed by atoms with Crippen molar-refractivity contribution in [1.82, 2.24) is 0 Å². The first-order chi connectivity index (χ1) is 7.22. The number of pyridine rings is 1. The number of fused-ring (bicyclic) bond motifs is 1. The SMILES string of the molecule is COC(=O)c1ccc2ccc[n+]([O-])c2c1. The summed E-state index contributed by atoms with van der Waals surface area (Å²) < 4.78 is 5.30. The first-order valence-electron chi connectivity index (χ1n) is 4.42. The second kappa shape index (κ2) is 3.57. The van der Waals surface area contributed by atoms with E-state index in [0.717, 1.165) is 10.1 Å². The third-order valence-electron chi connectivity index (χ3n) is 2.19. The molecule has 0 N–H and O–H groups in total. The molecule has 0 saturated heterocycles. The lowest BCUT2D eigenvalue weighted by atomic mass is 10.1. The van der Waals surface area contributed by atoms with Gasteiger partial charge in [-0.1, -0.05) is 0 Å². The number of benzene rings is 1. The van der Waals surface area contributed by atoms with Crippen molar-refractivity contribution in [2.45, 2.75) is 0 Å². The van der Waals surface area contributed by atoms with Gasteiger partial charge in [0.2, 0.25) is 5.52 Å². The Hall–Kier alpha value is -2.10. The molecule has 0 fully saturated rings. The fourth-order valence-corrected chi connectivity index (χ4v) is 1.43. The van der Waals surface area contributed by atoms with Crippen molar-refractivity contribution in [2.24, 2.45) is 0 Å². The molecule has 1 heterocycles. The molecule has 0 aliphatic carbocycles. The molecule has 15 heavy (non-hydrogen) atoms. The quantitative estimate of drug-likeness (QED) is 0.398. The molecule has 0 aliphatic rings. The highest BCUT2D eigenvalue weighted by Crippen LogP contribution is 2.12. The maximum atomic E-state index is 11.4. The van der Waals surface area contributed by atoms with Gasteiger partial charge in [-0.15, -0.1) is 0 Å². The van der Waals surface area contributed by atoms with Crippen LogP contribution in [-0.4, -0.2) is 13.1 Å². The standard InChI is InChI=1S/C11H9NO3/c1-15-11(13)9-5-4-8-3-2-6-12(14)10(8)7-9/h2-7H,1H3. The first-order valence-corrected chi connectivity index (χ1v) is 4.42. The summed E-state index contributed by atoms with van der Waals surface area (Å²) >= 11 is 0. The molecule has 0 aliphatic heterocycles. The van der Waals surface area contributed by atoms with Gasteiger partial charge < -0.3 is 9.94 Å². The topological polar surface area (TPSA) is 53.2 Å². The van der Waals surface area contributed by atoms with Gasteiger partial charge in [0, 0.05) is 17.5 Å². The van der Waals surface area contributed by atoms with Crippen molar-refractivity contribution in [2.75, 3.05) is 7.11 Å². The second-order valence-corrected chi connectivity index (χ2v) is 3.10. The first kappa shape index (κ1) is 9.45. The van der Waals surface area contributed by atoms with Gasteiger partial charge in [0.05, 0.1) is 12.7 Å². The van der Waals surface area contributed by atoms with Crippen LogP contribution in [0.15, 0.2) is 36.5 Å². The van der Waals surface area contributed by atoms with Crippen molar-refractivity contribution < 1.29 is 14.3 Å². The minimum absolute atomic E-state index is 0.376. The van der Waals surface area contributed by atoms with Gasteiger partial charge in [-0.3, -0.25) is 0 Å². The minimum Gasteiger partial charge on any atom is -0.618 e. The molecule has 2 aromatic rings. The van der Waals surface area contributed by atoms with Gasteiger partial charge in [-0.05, 0) is 18.2 Å². The molecule has 0 spiro atoms.